The molecule has 0 aliphatic carbocycles. The zero-order valence-electron chi connectivity index (χ0n) is 10.4. The summed E-state index contributed by atoms with van der Waals surface area (Å²) in [5.74, 6) is 0. The van der Waals surface area contributed by atoms with Crippen molar-refractivity contribution in [1.82, 2.24) is 9.71 Å². The monoisotopic (exact) mass is 297 g/mol. The highest BCUT2D eigenvalue weighted by molar-refractivity contribution is 7.89. The van der Waals surface area contributed by atoms with E-state index in [2.05, 4.69) is 9.71 Å². The molecule has 102 valence electrons. The summed E-state index contributed by atoms with van der Waals surface area (Å²) in [6.07, 6.45) is 1.48. The van der Waals surface area contributed by atoms with E-state index in [1.807, 2.05) is 16.8 Å². The van der Waals surface area contributed by atoms with Crippen LogP contribution >= 0.6 is 11.3 Å². The number of hydrogen-bond donors (Lipinski definition) is 2. The Morgan fingerprint density at radius 1 is 1.42 bits per heavy atom. The molecule has 2 aromatic rings. The SMILES string of the molecule is CC(NS(=O)(=O)c1ccc(CN)cn1)c1ccsc1. The highest BCUT2D eigenvalue weighted by atomic mass is 32.2. The number of sulfonamides is 1. The lowest BCUT2D eigenvalue weighted by Crippen LogP contribution is -2.27. The topological polar surface area (TPSA) is 85.1 Å². The number of nitrogens with one attached hydrogen (secondary N) is 1. The molecule has 0 spiro atoms. The summed E-state index contributed by atoms with van der Waals surface area (Å²) in [6.45, 7) is 2.14. The third-order valence-corrected chi connectivity index (χ3v) is 4.84. The summed E-state index contributed by atoms with van der Waals surface area (Å²) in [5, 5.41) is 3.83. The highest BCUT2D eigenvalue weighted by Gasteiger charge is 2.19. The quantitative estimate of drug-likeness (QED) is 0.878. The molecule has 0 radical (unpaired) electrons. The molecule has 3 N–H and O–H groups in total. The van der Waals surface area contributed by atoms with Gasteiger partial charge in [-0.05, 0) is 40.9 Å². The minimum Gasteiger partial charge on any atom is -0.326 e. The van der Waals surface area contributed by atoms with Gasteiger partial charge in [-0.25, -0.2) is 18.1 Å². The van der Waals surface area contributed by atoms with Crippen LogP contribution in [-0.2, 0) is 16.6 Å². The molecule has 5 nitrogen and oxygen atoms in total. The minimum atomic E-state index is -3.61. The van der Waals surface area contributed by atoms with Crippen LogP contribution in [-0.4, -0.2) is 13.4 Å². The van der Waals surface area contributed by atoms with Gasteiger partial charge in [-0.2, -0.15) is 11.3 Å². The first-order chi connectivity index (χ1) is 9.03. The summed E-state index contributed by atoms with van der Waals surface area (Å²) < 4.78 is 26.9. The molecule has 2 heterocycles. The maximum atomic E-state index is 12.1. The molecular weight excluding hydrogens is 282 g/mol. The summed E-state index contributed by atoms with van der Waals surface area (Å²) in [4.78, 5) is 3.93. The third kappa shape index (κ3) is 3.38. The number of pyridine rings is 1. The molecule has 19 heavy (non-hydrogen) atoms. The molecule has 0 saturated heterocycles. The molecule has 0 saturated carbocycles. The lowest BCUT2D eigenvalue weighted by molar-refractivity contribution is 0.563. The van der Waals surface area contributed by atoms with Crippen molar-refractivity contribution in [2.24, 2.45) is 5.73 Å². The Bertz CT molecular complexity index is 622. The van der Waals surface area contributed by atoms with E-state index in [1.54, 1.807) is 13.0 Å². The lowest BCUT2D eigenvalue weighted by atomic mass is 10.2. The molecule has 0 amide bonds. The van der Waals surface area contributed by atoms with Crippen molar-refractivity contribution in [3.05, 3.63) is 46.3 Å². The first-order valence-electron chi connectivity index (χ1n) is 5.72. The number of rotatable bonds is 5. The van der Waals surface area contributed by atoms with Gasteiger partial charge < -0.3 is 5.73 Å². The first kappa shape index (κ1) is 14.1. The van der Waals surface area contributed by atoms with Crippen molar-refractivity contribution in [3.63, 3.8) is 0 Å². The lowest BCUT2D eigenvalue weighted by Gasteiger charge is -2.12. The van der Waals surface area contributed by atoms with E-state index >= 15 is 0 Å². The second-order valence-electron chi connectivity index (χ2n) is 4.11. The number of aromatic nitrogens is 1. The van der Waals surface area contributed by atoms with Gasteiger partial charge in [0.25, 0.3) is 10.0 Å². The van der Waals surface area contributed by atoms with Crippen molar-refractivity contribution in [3.8, 4) is 0 Å². The number of thiophene rings is 1. The van der Waals surface area contributed by atoms with Crippen molar-refractivity contribution in [2.75, 3.05) is 0 Å². The maximum Gasteiger partial charge on any atom is 0.258 e. The summed E-state index contributed by atoms with van der Waals surface area (Å²) in [6, 6.07) is 4.73. The molecule has 0 fully saturated rings. The molecule has 1 atom stereocenters. The van der Waals surface area contributed by atoms with Crippen LogP contribution in [0.25, 0.3) is 0 Å². The highest BCUT2D eigenvalue weighted by Crippen LogP contribution is 2.18. The number of nitrogens with zero attached hydrogens (tertiary/aromatic N) is 1. The van der Waals surface area contributed by atoms with Gasteiger partial charge in [-0.15, -0.1) is 0 Å². The van der Waals surface area contributed by atoms with Crippen LogP contribution in [0.4, 0.5) is 0 Å². The normalized spacial score (nSPS) is 13.4. The Morgan fingerprint density at radius 3 is 2.74 bits per heavy atom. The minimum absolute atomic E-state index is 0.00628. The largest absolute Gasteiger partial charge is 0.326 e. The average Bonchev–Trinajstić information content (AvgIpc) is 2.92. The van der Waals surface area contributed by atoms with Crippen LogP contribution < -0.4 is 10.5 Å². The molecule has 2 aromatic heterocycles. The standard InChI is InChI=1S/C12H15N3O2S2/c1-9(11-4-5-18-8-11)15-19(16,17)12-3-2-10(6-13)7-14-12/h2-5,7-9,15H,6,13H2,1H3. The van der Waals surface area contributed by atoms with Crippen LogP contribution in [0.5, 0.6) is 0 Å². The fourth-order valence-electron chi connectivity index (χ4n) is 1.57. The van der Waals surface area contributed by atoms with Crippen molar-refractivity contribution >= 4 is 21.4 Å². The molecule has 7 heteroatoms. The molecular formula is C12H15N3O2S2. The van der Waals surface area contributed by atoms with Gasteiger partial charge in [0.15, 0.2) is 5.03 Å². The zero-order valence-corrected chi connectivity index (χ0v) is 12.0. The Morgan fingerprint density at radius 2 is 2.21 bits per heavy atom. The molecule has 0 bridgehead atoms. The van der Waals surface area contributed by atoms with Crippen LogP contribution in [0, 0.1) is 0 Å². The van der Waals surface area contributed by atoms with Crippen LogP contribution in [0.2, 0.25) is 0 Å². The van der Waals surface area contributed by atoms with Gasteiger partial charge in [-0.3, -0.25) is 0 Å². The molecule has 2 rings (SSSR count). The maximum absolute atomic E-state index is 12.1. The predicted molar refractivity (Wildman–Crippen MR) is 75.2 cm³/mol. The third-order valence-electron chi connectivity index (χ3n) is 2.68. The molecule has 0 aromatic carbocycles. The molecule has 0 aliphatic rings. The van der Waals surface area contributed by atoms with Gasteiger partial charge in [0.2, 0.25) is 0 Å². The van der Waals surface area contributed by atoms with E-state index in [0.717, 1.165) is 11.1 Å². The summed E-state index contributed by atoms with van der Waals surface area (Å²) >= 11 is 1.53. The van der Waals surface area contributed by atoms with E-state index < -0.39 is 10.0 Å². The van der Waals surface area contributed by atoms with E-state index in [1.165, 1.54) is 23.6 Å². The van der Waals surface area contributed by atoms with Crippen molar-refractivity contribution in [1.29, 1.82) is 0 Å². The van der Waals surface area contributed by atoms with Gasteiger partial charge in [0.1, 0.15) is 0 Å². The second-order valence-corrected chi connectivity index (χ2v) is 6.55. The van der Waals surface area contributed by atoms with Crippen molar-refractivity contribution in [2.45, 2.75) is 24.5 Å². The fraction of sp³-hybridized carbons (Fsp3) is 0.250. The first-order valence-corrected chi connectivity index (χ1v) is 8.15. The smallest absolute Gasteiger partial charge is 0.258 e. The fourth-order valence-corrected chi connectivity index (χ4v) is 3.49. The van der Waals surface area contributed by atoms with Crippen molar-refractivity contribution < 1.29 is 8.42 Å². The van der Waals surface area contributed by atoms with Crippen LogP contribution in [0.15, 0.2) is 40.2 Å². The Kier molecular flexibility index (Phi) is 4.31. The Balaban J connectivity index is 2.17. The Labute approximate surface area is 116 Å². The van der Waals surface area contributed by atoms with Gasteiger partial charge in [0, 0.05) is 18.8 Å². The van der Waals surface area contributed by atoms with E-state index in [4.69, 9.17) is 5.73 Å². The zero-order chi connectivity index (χ0) is 13.9. The number of hydrogen-bond acceptors (Lipinski definition) is 5. The van der Waals surface area contributed by atoms with Gasteiger partial charge in [0.05, 0.1) is 0 Å². The van der Waals surface area contributed by atoms with Gasteiger partial charge in [-0.1, -0.05) is 6.07 Å². The molecule has 1 unspecified atom stereocenters. The predicted octanol–water partition coefficient (Wildman–Crippen LogP) is 1.64. The van der Waals surface area contributed by atoms with E-state index in [-0.39, 0.29) is 11.1 Å². The van der Waals surface area contributed by atoms with Crippen LogP contribution in [0.1, 0.15) is 24.1 Å². The summed E-state index contributed by atoms with van der Waals surface area (Å²) in [5.41, 5.74) is 7.18. The average molecular weight is 297 g/mol. The van der Waals surface area contributed by atoms with Crippen LogP contribution in [0.3, 0.4) is 0 Å². The van der Waals surface area contributed by atoms with E-state index in [0.29, 0.717) is 6.54 Å². The van der Waals surface area contributed by atoms with E-state index in [9.17, 15) is 8.42 Å². The number of nitrogens with two attached hydrogens (primary N) is 1. The summed E-state index contributed by atoms with van der Waals surface area (Å²) in [7, 11) is -3.61. The Hall–Kier alpha value is -1.28. The second kappa shape index (κ2) is 5.79. The van der Waals surface area contributed by atoms with Gasteiger partial charge >= 0.3 is 0 Å². The molecule has 0 aliphatic heterocycles.